The fourth-order valence-electron chi connectivity index (χ4n) is 2.95. The molecule has 0 atom stereocenters. The van der Waals surface area contributed by atoms with Crippen molar-refractivity contribution in [1.29, 1.82) is 0 Å². The quantitative estimate of drug-likeness (QED) is 0.404. The number of carbonyl (C=O) groups is 1. The second kappa shape index (κ2) is 8.19. The normalized spacial score (nSPS) is 16.0. The molecule has 3 heterocycles. The number of halogens is 2. The van der Waals surface area contributed by atoms with Crippen LogP contribution in [0.2, 0.25) is 10.0 Å². The number of nitrogens with zero attached hydrogens (tertiary/aromatic N) is 2. The van der Waals surface area contributed by atoms with Crippen molar-refractivity contribution in [2.75, 3.05) is 14.1 Å². The Labute approximate surface area is 197 Å². The number of pyridine rings is 1. The van der Waals surface area contributed by atoms with Crippen LogP contribution in [-0.2, 0) is 14.8 Å². The number of furan rings is 1. The lowest BCUT2D eigenvalue weighted by Crippen LogP contribution is -2.23. The standard InChI is InChI=1S/C19H13Cl2N3O4S3/c1-24(2)31(26,27)17-13(20)4-9(5-14(17)21)12-8-22-7-10-3-11(28-16(10)12)6-15-18(25)23-19(29)30-15/h3-8H,1-2H3,(H,23,25,29). The fraction of sp³-hybridized carbons (Fsp3) is 0.105. The van der Waals surface area contributed by atoms with Crippen molar-refractivity contribution in [2.24, 2.45) is 0 Å². The van der Waals surface area contributed by atoms with Crippen molar-refractivity contribution in [1.82, 2.24) is 14.6 Å². The van der Waals surface area contributed by atoms with E-state index in [-0.39, 0.29) is 20.8 Å². The molecule has 7 nitrogen and oxygen atoms in total. The van der Waals surface area contributed by atoms with Gasteiger partial charge in [-0.1, -0.05) is 47.2 Å². The van der Waals surface area contributed by atoms with Crippen LogP contribution in [-0.4, -0.2) is 42.0 Å². The number of hydrogen-bond donors (Lipinski definition) is 1. The maximum atomic E-state index is 12.5. The van der Waals surface area contributed by atoms with Crippen LogP contribution in [0.5, 0.6) is 0 Å². The minimum absolute atomic E-state index is 0.0189. The summed E-state index contributed by atoms with van der Waals surface area (Å²) in [7, 11) is -1.03. The van der Waals surface area contributed by atoms with Crippen LogP contribution in [0.25, 0.3) is 28.2 Å². The molecule has 31 heavy (non-hydrogen) atoms. The first-order chi connectivity index (χ1) is 14.6. The molecule has 0 spiro atoms. The van der Waals surface area contributed by atoms with E-state index in [2.05, 4.69) is 10.3 Å². The smallest absolute Gasteiger partial charge is 0.263 e. The van der Waals surface area contributed by atoms with Crippen molar-refractivity contribution in [3.8, 4) is 11.1 Å². The summed E-state index contributed by atoms with van der Waals surface area (Å²) in [6, 6.07) is 4.74. The average Bonchev–Trinajstić information content (AvgIpc) is 3.22. The molecule has 0 unspecified atom stereocenters. The Hall–Kier alpha value is -1.95. The molecule has 1 aliphatic heterocycles. The Bertz CT molecular complexity index is 1370. The van der Waals surface area contributed by atoms with Crippen molar-refractivity contribution in [2.45, 2.75) is 4.90 Å². The molecular formula is C19H13Cl2N3O4S3. The van der Waals surface area contributed by atoms with Crippen LogP contribution in [0.4, 0.5) is 0 Å². The Morgan fingerprint density at radius 3 is 2.45 bits per heavy atom. The third kappa shape index (κ3) is 4.11. The van der Waals surface area contributed by atoms with Crippen molar-refractivity contribution in [3.63, 3.8) is 0 Å². The van der Waals surface area contributed by atoms with Gasteiger partial charge in [0.2, 0.25) is 10.0 Å². The highest BCUT2D eigenvalue weighted by molar-refractivity contribution is 8.26. The van der Waals surface area contributed by atoms with Gasteiger partial charge in [0, 0.05) is 43.5 Å². The van der Waals surface area contributed by atoms with Gasteiger partial charge in [0.25, 0.3) is 5.91 Å². The van der Waals surface area contributed by atoms with E-state index in [9.17, 15) is 13.2 Å². The highest BCUT2D eigenvalue weighted by Gasteiger charge is 2.26. The number of carbonyl (C=O) groups excluding carboxylic acids is 1. The highest BCUT2D eigenvalue weighted by atomic mass is 35.5. The van der Waals surface area contributed by atoms with Crippen LogP contribution in [0.1, 0.15) is 5.76 Å². The van der Waals surface area contributed by atoms with E-state index in [1.165, 1.54) is 26.2 Å². The van der Waals surface area contributed by atoms with Gasteiger partial charge in [-0.3, -0.25) is 9.78 Å². The predicted molar refractivity (Wildman–Crippen MR) is 127 cm³/mol. The van der Waals surface area contributed by atoms with Crippen LogP contribution < -0.4 is 5.32 Å². The van der Waals surface area contributed by atoms with Gasteiger partial charge in [0.1, 0.15) is 20.6 Å². The number of benzene rings is 1. The summed E-state index contributed by atoms with van der Waals surface area (Å²) in [4.78, 5) is 16.4. The summed E-state index contributed by atoms with van der Waals surface area (Å²) >= 11 is 18.7. The molecule has 3 aromatic rings. The number of sulfonamides is 1. The van der Waals surface area contributed by atoms with E-state index < -0.39 is 10.0 Å². The van der Waals surface area contributed by atoms with Gasteiger partial charge in [-0.25, -0.2) is 12.7 Å². The number of thiocarbonyl (C=S) groups is 1. The van der Waals surface area contributed by atoms with Gasteiger partial charge < -0.3 is 9.73 Å². The average molecular weight is 514 g/mol. The molecule has 1 N–H and O–H groups in total. The molecular weight excluding hydrogens is 501 g/mol. The minimum atomic E-state index is -3.83. The molecule has 1 aromatic carbocycles. The van der Waals surface area contributed by atoms with Crippen molar-refractivity contribution in [3.05, 3.63) is 51.3 Å². The highest BCUT2D eigenvalue weighted by Crippen LogP contribution is 2.38. The van der Waals surface area contributed by atoms with Gasteiger partial charge in [0.05, 0.1) is 15.0 Å². The van der Waals surface area contributed by atoms with E-state index in [4.69, 9.17) is 39.8 Å². The SMILES string of the molecule is CN(C)S(=O)(=O)c1c(Cl)cc(-c2cncc3cc(C=C4SC(=S)NC4=O)oc23)cc1Cl. The van der Waals surface area contributed by atoms with Crippen LogP contribution >= 0.6 is 47.2 Å². The summed E-state index contributed by atoms with van der Waals surface area (Å²) in [5.41, 5.74) is 1.59. The summed E-state index contributed by atoms with van der Waals surface area (Å²) in [5, 5.41) is 3.20. The zero-order valence-corrected chi connectivity index (χ0v) is 19.9. The zero-order chi connectivity index (χ0) is 22.5. The lowest BCUT2D eigenvalue weighted by molar-refractivity contribution is -0.115. The van der Waals surface area contributed by atoms with Gasteiger partial charge in [-0.2, -0.15) is 0 Å². The maximum absolute atomic E-state index is 12.5. The second-order valence-electron chi connectivity index (χ2n) is 6.66. The first-order valence-corrected chi connectivity index (χ1v) is 12.0. The molecule has 2 aromatic heterocycles. The second-order valence-corrected chi connectivity index (χ2v) is 11.3. The number of fused-ring (bicyclic) bond motifs is 1. The first-order valence-electron chi connectivity index (χ1n) is 8.62. The van der Waals surface area contributed by atoms with Crippen molar-refractivity contribution >= 4 is 84.5 Å². The van der Waals surface area contributed by atoms with E-state index >= 15 is 0 Å². The molecule has 1 fully saturated rings. The largest absolute Gasteiger partial charge is 0.456 e. The van der Waals surface area contributed by atoms with Gasteiger partial charge in [-0.05, 0) is 23.8 Å². The Kier molecular flexibility index (Phi) is 5.88. The molecule has 1 aliphatic rings. The number of thioether (sulfide) groups is 1. The maximum Gasteiger partial charge on any atom is 0.263 e. The minimum Gasteiger partial charge on any atom is -0.456 e. The Morgan fingerprint density at radius 2 is 1.87 bits per heavy atom. The lowest BCUT2D eigenvalue weighted by atomic mass is 10.1. The molecule has 12 heteroatoms. The van der Waals surface area contributed by atoms with Crippen molar-refractivity contribution < 1.29 is 17.6 Å². The van der Waals surface area contributed by atoms with Gasteiger partial charge in [0.15, 0.2) is 0 Å². The predicted octanol–water partition coefficient (Wildman–Crippen LogP) is 4.54. The van der Waals surface area contributed by atoms with Gasteiger partial charge >= 0.3 is 0 Å². The Morgan fingerprint density at radius 1 is 1.19 bits per heavy atom. The van der Waals surface area contributed by atoms with Crippen LogP contribution in [0.15, 0.2) is 44.8 Å². The number of amides is 1. The van der Waals surface area contributed by atoms with Crippen LogP contribution in [0, 0.1) is 0 Å². The first kappa shape index (κ1) is 22.3. The number of nitrogens with one attached hydrogen (secondary N) is 1. The van der Waals surface area contributed by atoms with E-state index in [0.717, 1.165) is 16.1 Å². The van der Waals surface area contributed by atoms with Gasteiger partial charge in [-0.15, -0.1) is 0 Å². The lowest BCUT2D eigenvalue weighted by Gasteiger charge is -2.15. The fourth-order valence-corrected chi connectivity index (χ4v) is 6.03. The third-order valence-electron chi connectivity index (χ3n) is 4.41. The molecule has 0 aliphatic carbocycles. The van der Waals surface area contributed by atoms with E-state index in [0.29, 0.717) is 37.1 Å². The van der Waals surface area contributed by atoms with Crippen LogP contribution in [0.3, 0.4) is 0 Å². The van der Waals surface area contributed by atoms with E-state index in [1.807, 2.05) is 0 Å². The summed E-state index contributed by atoms with van der Waals surface area (Å²) < 4.78 is 32.4. The molecule has 0 bridgehead atoms. The molecule has 1 amide bonds. The van der Waals surface area contributed by atoms with E-state index in [1.54, 1.807) is 24.5 Å². The number of rotatable bonds is 4. The molecule has 0 saturated carbocycles. The monoisotopic (exact) mass is 513 g/mol. The summed E-state index contributed by atoms with van der Waals surface area (Å²) in [6.45, 7) is 0. The summed E-state index contributed by atoms with van der Waals surface area (Å²) in [5.74, 6) is 0.153. The zero-order valence-electron chi connectivity index (χ0n) is 16.0. The molecule has 0 radical (unpaired) electrons. The molecule has 4 rings (SSSR count). The Balaban J connectivity index is 1.82. The third-order valence-corrected chi connectivity index (χ3v) is 8.31. The summed E-state index contributed by atoms with van der Waals surface area (Å²) in [6.07, 6.45) is 4.78. The molecule has 1 saturated heterocycles. The topological polar surface area (TPSA) is 92.5 Å². The number of aromatic nitrogens is 1. The number of hydrogen-bond acceptors (Lipinski definition) is 7. The molecule has 160 valence electrons.